The predicted molar refractivity (Wildman–Crippen MR) is 209 cm³/mol. The second kappa shape index (κ2) is 13.7. The van der Waals surface area contributed by atoms with E-state index in [0.717, 1.165) is 24.8 Å². The highest BCUT2D eigenvalue weighted by atomic mass is 16.3. The average Bonchev–Trinajstić information content (AvgIpc) is 3.17. The maximum Gasteiger partial charge on any atom is 0.119 e. The van der Waals surface area contributed by atoms with Crippen LogP contribution in [0.2, 0.25) is 0 Å². The monoisotopic (exact) mass is 658 g/mol. The Morgan fingerprint density at radius 2 is 1.52 bits per heavy atom. The number of allylic oxidation sites excluding steroid dienone is 21. The summed E-state index contributed by atoms with van der Waals surface area (Å²) in [6.45, 7) is 2.29. The van der Waals surface area contributed by atoms with Gasteiger partial charge in [-0.2, -0.15) is 0 Å². The van der Waals surface area contributed by atoms with Crippen LogP contribution in [0, 0.1) is 48.3 Å². The molecular formula is C49H54O. The summed E-state index contributed by atoms with van der Waals surface area (Å²) < 4.78 is 0. The van der Waals surface area contributed by atoms with E-state index in [4.69, 9.17) is 0 Å². The Balaban J connectivity index is 1.02. The molecule has 1 N–H and O–H groups in total. The number of benzene rings is 1. The Labute approximate surface area is 300 Å². The summed E-state index contributed by atoms with van der Waals surface area (Å²) in [6.07, 6.45) is 50.8. The second-order valence-corrected chi connectivity index (χ2v) is 16.3. The fourth-order valence-corrected chi connectivity index (χ4v) is 11.5. The molecule has 1 nitrogen and oxygen atoms in total. The van der Waals surface area contributed by atoms with Gasteiger partial charge in [0.1, 0.15) is 5.76 Å². The summed E-state index contributed by atoms with van der Waals surface area (Å²) in [6, 6.07) is 6.81. The molecule has 1 aromatic rings. The lowest BCUT2D eigenvalue weighted by molar-refractivity contribution is 0.228. The standard InChI is InChI=1S/C49H54O/c1-32-38(23-12-24-39(32)42-18-8-9-26-47(42)50)36-15-10-16-37(31-36)49-45-21-6-4-19-43(45)48(44-20-5-7-22-46(44)49)35-29-27-34(28-30-35)41-25-11-14-33-13-2-3-17-40(33)41/h2,4-5,9-13,15,19-20,23-27,29-30,33-34,36-37,43-45,48,50H,3,6-8,14,16-18,21-22,28,31H2,1H3. The molecule has 0 heterocycles. The van der Waals surface area contributed by atoms with Crippen molar-refractivity contribution in [1.82, 2.24) is 0 Å². The summed E-state index contributed by atoms with van der Waals surface area (Å²) in [7, 11) is 0. The van der Waals surface area contributed by atoms with Crippen LogP contribution in [-0.4, -0.2) is 5.11 Å². The normalized spacial score (nSPS) is 34.5. The van der Waals surface area contributed by atoms with Crippen molar-refractivity contribution in [2.24, 2.45) is 41.4 Å². The molecule has 1 heteroatoms. The minimum Gasteiger partial charge on any atom is -0.508 e. The zero-order chi connectivity index (χ0) is 33.6. The van der Waals surface area contributed by atoms with Gasteiger partial charge >= 0.3 is 0 Å². The van der Waals surface area contributed by atoms with E-state index in [-0.39, 0.29) is 0 Å². The SMILES string of the molecule is Cc1c(C2=C(O)C=CCC2)cccc1C1C=CCC(C2=C3CCC=CC3C(C3=CCC(C4=C5CCC=CC5CC=C4)C=C3)C3C=CCCC23)C1. The predicted octanol–water partition coefficient (Wildman–Crippen LogP) is 12.9. The summed E-state index contributed by atoms with van der Waals surface area (Å²) >= 11 is 0. The van der Waals surface area contributed by atoms with Crippen LogP contribution in [0.25, 0.3) is 5.57 Å². The molecule has 0 aliphatic heterocycles. The van der Waals surface area contributed by atoms with Crippen LogP contribution in [0.3, 0.4) is 0 Å². The maximum atomic E-state index is 10.8. The van der Waals surface area contributed by atoms with Crippen LogP contribution >= 0.6 is 0 Å². The molecule has 8 unspecified atom stereocenters. The summed E-state index contributed by atoms with van der Waals surface area (Å²) in [5.41, 5.74) is 13.7. The topological polar surface area (TPSA) is 20.2 Å². The molecule has 9 rings (SSSR count). The minimum absolute atomic E-state index is 0.418. The minimum atomic E-state index is 0.418. The van der Waals surface area contributed by atoms with E-state index < -0.39 is 0 Å². The van der Waals surface area contributed by atoms with Gasteiger partial charge in [-0.05, 0) is 136 Å². The first-order valence-corrected chi connectivity index (χ1v) is 20.0. The molecule has 0 saturated carbocycles. The largest absolute Gasteiger partial charge is 0.508 e. The highest BCUT2D eigenvalue weighted by Gasteiger charge is 2.46. The molecular weight excluding hydrogens is 605 g/mol. The van der Waals surface area contributed by atoms with E-state index in [1.807, 2.05) is 11.6 Å². The molecule has 0 amide bonds. The van der Waals surface area contributed by atoms with Gasteiger partial charge in [-0.3, -0.25) is 0 Å². The zero-order valence-corrected chi connectivity index (χ0v) is 29.9. The summed E-state index contributed by atoms with van der Waals surface area (Å²) in [5, 5.41) is 10.8. The highest BCUT2D eigenvalue weighted by Crippen LogP contribution is 2.57. The van der Waals surface area contributed by atoms with Crippen molar-refractivity contribution in [3.8, 4) is 0 Å². The Morgan fingerprint density at radius 3 is 2.40 bits per heavy atom. The number of aliphatic hydroxyl groups excluding tert-OH is 1. The molecule has 8 aliphatic carbocycles. The van der Waals surface area contributed by atoms with E-state index in [1.54, 1.807) is 22.3 Å². The summed E-state index contributed by atoms with van der Waals surface area (Å²) in [5.74, 6) is 4.92. The first kappa shape index (κ1) is 32.1. The molecule has 0 saturated heterocycles. The van der Waals surface area contributed by atoms with Gasteiger partial charge in [0.2, 0.25) is 0 Å². The Hall–Kier alpha value is -3.84. The number of hydrogen-bond donors (Lipinski definition) is 1. The van der Waals surface area contributed by atoms with E-state index >= 15 is 0 Å². The fourth-order valence-electron chi connectivity index (χ4n) is 11.5. The van der Waals surface area contributed by atoms with Crippen molar-refractivity contribution >= 4 is 5.57 Å². The molecule has 0 aromatic heterocycles. The van der Waals surface area contributed by atoms with Gasteiger partial charge in [-0.15, -0.1) is 0 Å². The fraction of sp³-hybridized carbons (Fsp3) is 0.429. The molecule has 8 atom stereocenters. The highest BCUT2D eigenvalue weighted by molar-refractivity contribution is 5.73. The third-order valence-corrected chi connectivity index (χ3v) is 13.7. The van der Waals surface area contributed by atoms with Crippen molar-refractivity contribution in [3.05, 3.63) is 160 Å². The van der Waals surface area contributed by atoms with Crippen molar-refractivity contribution < 1.29 is 5.11 Å². The lowest BCUT2D eigenvalue weighted by atomic mass is 9.54. The smallest absolute Gasteiger partial charge is 0.119 e. The molecule has 0 spiro atoms. The molecule has 0 radical (unpaired) electrons. The number of fused-ring (bicyclic) bond motifs is 3. The lowest BCUT2D eigenvalue weighted by Crippen LogP contribution is -2.40. The van der Waals surface area contributed by atoms with Gasteiger partial charge in [-0.25, -0.2) is 0 Å². The second-order valence-electron chi connectivity index (χ2n) is 16.3. The van der Waals surface area contributed by atoms with Gasteiger partial charge < -0.3 is 5.11 Å². The van der Waals surface area contributed by atoms with Crippen molar-refractivity contribution in [2.45, 2.75) is 89.9 Å². The first-order chi connectivity index (χ1) is 24.7. The Bertz CT molecular complexity index is 1870. The number of hydrogen-bond acceptors (Lipinski definition) is 1. The summed E-state index contributed by atoms with van der Waals surface area (Å²) in [4.78, 5) is 0. The molecule has 1 aromatic carbocycles. The first-order valence-electron chi connectivity index (χ1n) is 20.0. The zero-order valence-electron chi connectivity index (χ0n) is 29.9. The maximum absolute atomic E-state index is 10.8. The van der Waals surface area contributed by atoms with Gasteiger partial charge in [-0.1, -0.05) is 120 Å². The third kappa shape index (κ3) is 5.70. The molecule has 50 heavy (non-hydrogen) atoms. The molecule has 8 aliphatic rings. The third-order valence-electron chi connectivity index (χ3n) is 13.7. The average molecular weight is 659 g/mol. The van der Waals surface area contributed by atoms with Crippen LogP contribution in [0.1, 0.15) is 99.7 Å². The number of aliphatic hydroxyl groups is 1. The molecule has 256 valence electrons. The Kier molecular flexibility index (Phi) is 8.80. The van der Waals surface area contributed by atoms with Crippen LogP contribution in [0.5, 0.6) is 0 Å². The lowest BCUT2D eigenvalue weighted by Gasteiger charge is -2.50. The van der Waals surface area contributed by atoms with Gasteiger partial charge in [0.05, 0.1) is 0 Å². The van der Waals surface area contributed by atoms with E-state index in [0.29, 0.717) is 53.1 Å². The van der Waals surface area contributed by atoms with E-state index in [9.17, 15) is 5.11 Å². The van der Waals surface area contributed by atoms with Crippen LogP contribution in [0.4, 0.5) is 0 Å². The van der Waals surface area contributed by atoms with Crippen molar-refractivity contribution in [1.29, 1.82) is 0 Å². The van der Waals surface area contributed by atoms with Gasteiger partial charge in [0.15, 0.2) is 0 Å². The van der Waals surface area contributed by atoms with Crippen LogP contribution in [0.15, 0.2) is 143 Å². The van der Waals surface area contributed by atoms with Gasteiger partial charge in [0.25, 0.3) is 0 Å². The van der Waals surface area contributed by atoms with Gasteiger partial charge in [0, 0.05) is 35.2 Å². The number of rotatable bonds is 5. The van der Waals surface area contributed by atoms with Crippen LogP contribution < -0.4 is 0 Å². The van der Waals surface area contributed by atoms with Crippen molar-refractivity contribution in [3.63, 3.8) is 0 Å². The van der Waals surface area contributed by atoms with Crippen molar-refractivity contribution in [2.75, 3.05) is 0 Å². The molecule has 0 bridgehead atoms. The van der Waals surface area contributed by atoms with Crippen LogP contribution in [-0.2, 0) is 0 Å². The Morgan fingerprint density at radius 1 is 0.680 bits per heavy atom. The van der Waals surface area contributed by atoms with E-state index in [1.165, 1.54) is 74.5 Å². The molecule has 0 fully saturated rings. The van der Waals surface area contributed by atoms with E-state index in [2.05, 4.69) is 110 Å². The quantitative estimate of drug-likeness (QED) is 0.312.